The normalized spacial score (nSPS) is 23.8. The van der Waals surface area contributed by atoms with Gasteiger partial charge in [-0.2, -0.15) is 0 Å². The quantitative estimate of drug-likeness (QED) is 0.899. The molecule has 1 aliphatic rings. The van der Waals surface area contributed by atoms with Gasteiger partial charge in [-0.25, -0.2) is 0 Å². The summed E-state index contributed by atoms with van der Waals surface area (Å²) in [6, 6.07) is 9.35. The van der Waals surface area contributed by atoms with Crippen molar-refractivity contribution in [2.24, 2.45) is 5.92 Å². The summed E-state index contributed by atoms with van der Waals surface area (Å²) >= 11 is 3.53. The van der Waals surface area contributed by atoms with Crippen molar-refractivity contribution in [3.8, 4) is 0 Å². The summed E-state index contributed by atoms with van der Waals surface area (Å²) in [5.74, 6) is 0.831. The van der Waals surface area contributed by atoms with Gasteiger partial charge in [0.2, 0.25) is 0 Å². The minimum atomic E-state index is 0.751. The van der Waals surface area contributed by atoms with Crippen molar-refractivity contribution in [3.63, 3.8) is 0 Å². The van der Waals surface area contributed by atoms with Crippen LogP contribution in [0.15, 0.2) is 28.7 Å². The molecule has 17 heavy (non-hydrogen) atoms. The van der Waals surface area contributed by atoms with Crippen LogP contribution in [0.4, 0.5) is 0 Å². The molecule has 1 saturated carbocycles. The number of hydrogen-bond acceptors (Lipinski definition) is 2. The summed E-state index contributed by atoms with van der Waals surface area (Å²) in [6.07, 6.45) is 2.71. The highest BCUT2D eigenvalue weighted by molar-refractivity contribution is 9.10. The number of nitrogens with zero attached hydrogens (tertiary/aromatic N) is 1. The van der Waals surface area contributed by atoms with Gasteiger partial charge in [-0.15, -0.1) is 0 Å². The number of benzene rings is 1. The average Bonchev–Trinajstić information content (AvgIpc) is 2.24. The molecular weight excluding hydrogens is 276 g/mol. The molecule has 2 atom stereocenters. The SMILES string of the molecule is CNCC1CCC1N(C)Cc1cccc(Br)c1. The molecule has 2 unspecified atom stereocenters. The largest absolute Gasteiger partial charge is 0.319 e. The van der Waals surface area contributed by atoms with Crippen molar-refractivity contribution in [2.45, 2.75) is 25.4 Å². The third-order valence-corrected chi connectivity index (χ3v) is 4.22. The average molecular weight is 297 g/mol. The van der Waals surface area contributed by atoms with E-state index in [4.69, 9.17) is 0 Å². The van der Waals surface area contributed by atoms with E-state index < -0.39 is 0 Å². The Morgan fingerprint density at radius 1 is 1.41 bits per heavy atom. The zero-order valence-corrected chi connectivity index (χ0v) is 12.2. The highest BCUT2D eigenvalue weighted by Crippen LogP contribution is 2.31. The van der Waals surface area contributed by atoms with Gasteiger partial charge in [-0.3, -0.25) is 4.90 Å². The summed E-state index contributed by atoms with van der Waals surface area (Å²) < 4.78 is 1.17. The van der Waals surface area contributed by atoms with E-state index in [9.17, 15) is 0 Å². The first-order chi connectivity index (χ1) is 8.20. The fraction of sp³-hybridized carbons (Fsp3) is 0.571. The molecule has 1 aromatic carbocycles. The Hall–Kier alpha value is -0.380. The minimum Gasteiger partial charge on any atom is -0.319 e. The summed E-state index contributed by atoms with van der Waals surface area (Å²) in [5, 5.41) is 3.29. The first kappa shape index (κ1) is 13.1. The molecule has 0 amide bonds. The number of rotatable bonds is 5. The molecule has 1 fully saturated rings. The van der Waals surface area contributed by atoms with Crippen molar-refractivity contribution in [2.75, 3.05) is 20.6 Å². The maximum absolute atomic E-state index is 3.53. The molecule has 2 nitrogen and oxygen atoms in total. The summed E-state index contributed by atoms with van der Waals surface area (Å²) in [5.41, 5.74) is 1.39. The molecule has 3 heteroatoms. The van der Waals surface area contributed by atoms with Crippen molar-refractivity contribution in [3.05, 3.63) is 34.3 Å². The van der Waals surface area contributed by atoms with Gasteiger partial charge < -0.3 is 5.32 Å². The first-order valence-electron chi connectivity index (χ1n) is 6.30. The van der Waals surface area contributed by atoms with Crippen molar-refractivity contribution >= 4 is 15.9 Å². The third kappa shape index (κ3) is 3.30. The predicted octanol–water partition coefficient (Wildman–Crippen LogP) is 2.88. The van der Waals surface area contributed by atoms with E-state index in [-0.39, 0.29) is 0 Å². The molecule has 0 aromatic heterocycles. The van der Waals surface area contributed by atoms with Crippen LogP contribution in [0.1, 0.15) is 18.4 Å². The topological polar surface area (TPSA) is 15.3 Å². The monoisotopic (exact) mass is 296 g/mol. The summed E-state index contributed by atoms with van der Waals surface area (Å²) in [7, 11) is 4.29. The van der Waals surface area contributed by atoms with Gasteiger partial charge in [0.1, 0.15) is 0 Å². The molecule has 0 radical (unpaired) electrons. The molecule has 1 aromatic rings. The number of halogens is 1. The smallest absolute Gasteiger partial charge is 0.0234 e. The van der Waals surface area contributed by atoms with Crippen LogP contribution in [-0.2, 0) is 6.54 Å². The third-order valence-electron chi connectivity index (χ3n) is 3.73. The molecule has 0 aliphatic heterocycles. The van der Waals surface area contributed by atoms with E-state index in [1.54, 1.807) is 0 Å². The lowest BCUT2D eigenvalue weighted by Crippen LogP contribution is -2.48. The maximum Gasteiger partial charge on any atom is 0.0234 e. The molecule has 2 rings (SSSR count). The second-order valence-corrected chi connectivity index (χ2v) is 5.92. The predicted molar refractivity (Wildman–Crippen MR) is 76.0 cm³/mol. The second-order valence-electron chi connectivity index (χ2n) is 5.01. The molecule has 94 valence electrons. The van der Waals surface area contributed by atoms with Crippen LogP contribution >= 0.6 is 15.9 Å². The van der Waals surface area contributed by atoms with Gasteiger partial charge in [-0.1, -0.05) is 28.1 Å². The first-order valence-corrected chi connectivity index (χ1v) is 7.09. The number of hydrogen-bond donors (Lipinski definition) is 1. The Bertz CT molecular complexity index is 367. The standard InChI is InChI=1S/C14H21BrN2/c1-16-9-12-6-7-14(12)17(2)10-11-4-3-5-13(15)8-11/h3-5,8,12,14,16H,6-7,9-10H2,1-2H3. The molecule has 0 saturated heterocycles. The molecule has 0 bridgehead atoms. The fourth-order valence-corrected chi connectivity index (χ4v) is 3.12. The summed E-state index contributed by atoms with van der Waals surface area (Å²) in [4.78, 5) is 2.49. The van der Waals surface area contributed by atoms with E-state index in [0.29, 0.717) is 0 Å². The van der Waals surface area contributed by atoms with Crippen LogP contribution in [0.25, 0.3) is 0 Å². The van der Waals surface area contributed by atoms with Gasteiger partial charge in [0.25, 0.3) is 0 Å². The van der Waals surface area contributed by atoms with E-state index in [0.717, 1.165) is 25.0 Å². The van der Waals surface area contributed by atoms with Gasteiger partial charge in [0.05, 0.1) is 0 Å². The zero-order chi connectivity index (χ0) is 12.3. The highest BCUT2D eigenvalue weighted by atomic mass is 79.9. The van der Waals surface area contributed by atoms with Gasteiger partial charge in [-0.05, 0) is 57.1 Å². The highest BCUT2D eigenvalue weighted by Gasteiger charge is 2.32. The zero-order valence-electron chi connectivity index (χ0n) is 10.6. The van der Waals surface area contributed by atoms with Crippen molar-refractivity contribution in [1.82, 2.24) is 10.2 Å². The summed E-state index contributed by atoms with van der Waals surface area (Å²) in [6.45, 7) is 2.19. The maximum atomic E-state index is 3.53. The van der Waals surface area contributed by atoms with Crippen LogP contribution in [0.2, 0.25) is 0 Å². The van der Waals surface area contributed by atoms with E-state index in [1.165, 1.54) is 22.9 Å². The Morgan fingerprint density at radius 3 is 2.82 bits per heavy atom. The lowest BCUT2D eigenvalue weighted by Gasteiger charge is -2.43. The lowest BCUT2D eigenvalue weighted by atomic mass is 9.78. The Balaban J connectivity index is 1.90. The van der Waals surface area contributed by atoms with Crippen molar-refractivity contribution < 1.29 is 0 Å². The lowest BCUT2D eigenvalue weighted by molar-refractivity contribution is 0.0793. The Morgan fingerprint density at radius 2 is 2.24 bits per heavy atom. The second kappa shape index (κ2) is 5.98. The van der Waals surface area contributed by atoms with Crippen LogP contribution in [0.3, 0.4) is 0 Å². The van der Waals surface area contributed by atoms with Crippen LogP contribution in [-0.4, -0.2) is 31.6 Å². The van der Waals surface area contributed by atoms with Gasteiger partial charge in [0.15, 0.2) is 0 Å². The van der Waals surface area contributed by atoms with Crippen LogP contribution in [0, 0.1) is 5.92 Å². The van der Waals surface area contributed by atoms with Gasteiger partial charge >= 0.3 is 0 Å². The molecule has 0 heterocycles. The molecule has 0 spiro atoms. The van der Waals surface area contributed by atoms with Crippen LogP contribution in [0.5, 0.6) is 0 Å². The van der Waals surface area contributed by atoms with Crippen molar-refractivity contribution in [1.29, 1.82) is 0 Å². The van der Waals surface area contributed by atoms with Crippen LogP contribution < -0.4 is 5.32 Å². The van der Waals surface area contributed by atoms with E-state index in [2.05, 4.69) is 57.5 Å². The Labute approximate surface area is 113 Å². The van der Waals surface area contributed by atoms with Gasteiger partial charge in [0, 0.05) is 17.1 Å². The molecule has 1 N–H and O–H groups in total. The molecular formula is C14H21BrN2. The minimum absolute atomic E-state index is 0.751. The van der Waals surface area contributed by atoms with E-state index in [1.807, 2.05) is 7.05 Å². The molecule has 1 aliphatic carbocycles. The number of nitrogens with one attached hydrogen (secondary N) is 1. The fourth-order valence-electron chi connectivity index (χ4n) is 2.67. The Kier molecular flexibility index (Phi) is 4.60. The van der Waals surface area contributed by atoms with E-state index >= 15 is 0 Å².